The molecule has 0 radical (unpaired) electrons. The Morgan fingerprint density at radius 2 is 1.60 bits per heavy atom. The highest BCUT2D eigenvalue weighted by Crippen LogP contribution is 2.28. The van der Waals surface area contributed by atoms with E-state index >= 15 is 0 Å². The van der Waals surface area contributed by atoms with E-state index in [1.165, 1.54) is 11.3 Å². The fourth-order valence-corrected chi connectivity index (χ4v) is 4.72. The highest BCUT2D eigenvalue weighted by atomic mass is 16.2. The lowest BCUT2D eigenvalue weighted by atomic mass is 10.2. The van der Waals surface area contributed by atoms with Crippen molar-refractivity contribution in [2.45, 2.75) is 32.2 Å². The van der Waals surface area contributed by atoms with Crippen molar-refractivity contribution in [2.24, 2.45) is 0 Å². The largest absolute Gasteiger partial charge is 0.336 e. The van der Waals surface area contributed by atoms with Gasteiger partial charge in [-0.15, -0.1) is 0 Å². The smallest absolute Gasteiger partial charge is 0.274 e. The Balaban J connectivity index is 1.33. The second kappa shape index (κ2) is 8.44. The van der Waals surface area contributed by atoms with E-state index in [4.69, 9.17) is 5.10 Å². The van der Waals surface area contributed by atoms with Crippen LogP contribution in [0.3, 0.4) is 0 Å². The lowest BCUT2D eigenvalue weighted by Gasteiger charge is -2.21. The van der Waals surface area contributed by atoms with Crippen molar-refractivity contribution in [2.75, 3.05) is 26.2 Å². The number of benzene rings is 2. The van der Waals surface area contributed by atoms with Gasteiger partial charge in [-0.3, -0.25) is 9.69 Å². The summed E-state index contributed by atoms with van der Waals surface area (Å²) in [5.74, 6) is 0.101. The van der Waals surface area contributed by atoms with Crippen molar-refractivity contribution in [3.63, 3.8) is 0 Å². The molecule has 1 saturated heterocycles. The zero-order chi connectivity index (χ0) is 20.3. The van der Waals surface area contributed by atoms with E-state index in [0.29, 0.717) is 5.69 Å². The third kappa shape index (κ3) is 3.77. The van der Waals surface area contributed by atoms with Crippen LogP contribution in [0.1, 0.15) is 40.2 Å². The number of hydrogen-bond acceptors (Lipinski definition) is 3. The molecular weight excluding hydrogens is 372 g/mol. The molecule has 1 fully saturated rings. The topological polar surface area (TPSA) is 41.4 Å². The molecule has 1 aliphatic carbocycles. The van der Waals surface area contributed by atoms with Crippen LogP contribution in [0.4, 0.5) is 0 Å². The average Bonchev–Trinajstić information content (AvgIpc) is 3.32. The van der Waals surface area contributed by atoms with Gasteiger partial charge in [0, 0.05) is 44.0 Å². The molecule has 5 heteroatoms. The summed E-state index contributed by atoms with van der Waals surface area (Å²) in [5.41, 5.74) is 5.42. The first kappa shape index (κ1) is 19.1. The summed E-state index contributed by atoms with van der Waals surface area (Å²) >= 11 is 0. The van der Waals surface area contributed by atoms with Crippen molar-refractivity contribution in [1.82, 2.24) is 19.6 Å². The van der Waals surface area contributed by atoms with Crippen LogP contribution in [0.5, 0.6) is 0 Å². The molecule has 0 atom stereocenters. The summed E-state index contributed by atoms with van der Waals surface area (Å²) < 4.78 is 2.00. The van der Waals surface area contributed by atoms with Gasteiger partial charge in [0.15, 0.2) is 5.69 Å². The van der Waals surface area contributed by atoms with Crippen molar-refractivity contribution in [1.29, 1.82) is 0 Å². The summed E-state index contributed by atoms with van der Waals surface area (Å²) in [7, 11) is 0. The molecule has 30 heavy (non-hydrogen) atoms. The van der Waals surface area contributed by atoms with E-state index in [1.807, 2.05) is 27.8 Å². The molecule has 1 aliphatic heterocycles. The molecule has 1 aromatic heterocycles. The second-order valence-electron chi connectivity index (χ2n) is 8.28. The Morgan fingerprint density at radius 1 is 0.833 bits per heavy atom. The lowest BCUT2D eigenvalue weighted by Crippen LogP contribution is -2.35. The first-order chi connectivity index (χ1) is 14.8. The van der Waals surface area contributed by atoms with Crippen LogP contribution < -0.4 is 0 Å². The predicted octanol–water partition coefficient (Wildman–Crippen LogP) is 3.71. The van der Waals surface area contributed by atoms with Crippen molar-refractivity contribution in [3.05, 3.63) is 83.2 Å². The zero-order valence-corrected chi connectivity index (χ0v) is 17.3. The highest BCUT2D eigenvalue weighted by Gasteiger charge is 2.30. The number of para-hydroxylation sites is 1. The number of carbonyl (C=O) groups excluding carboxylic acids is 1. The highest BCUT2D eigenvalue weighted by molar-refractivity contribution is 5.94. The molecule has 0 spiro atoms. The summed E-state index contributed by atoms with van der Waals surface area (Å²) in [6.45, 7) is 4.44. The number of nitrogens with zero attached hydrogens (tertiary/aromatic N) is 4. The number of carbonyl (C=O) groups is 1. The molecule has 2 aliphatic rings. The average molecular weight is 401 g/mol. The molecular formula is C25H28N4O. The van der Waals surface area contributed by atoms with Gasteiger partial charge in [-0.05, 0) is 43.4 Å². The maximum absolute atomic E-state index is 13.5. The Morgan fingerprint density at radius 3 is 2.40 bits per heavy atom. The van der Waals surface area contributed by atoms with Crippen LogP contribution in [0, 0.1) is 0 Å². The first-order valence-corrected chi connectivity index (χ1v) is 11.0. The molecule has 0 saturated carbocycles. The van der Waals surface area contributed by atoms with Gasteiger partial charge in [-0.1, -0.05) is 48.5 Å². The minimum Gasteiger partial charge on any atom is -0.336 e. The Kier molecular flexibility index (Phi) is 5.37. The Bertz CT molecular complexity index is 1010. The second-order valence-corrected chi connectivity index (χ2v) is 8.28. The van der Waals surface area contributed by atoms with Crippen LogP contribution >= 0.6 is 0 Å². The molecule has 1 amide bonds. The van der Waals surface area contributed by atoms with Crippen LogP contribution in [0.2, 0.25) is 0 Å². The molecule has 5 rings (SSSR count). The number of aromatic nitrogens is 2. The van der Waals surface area contributed by atoms with Gasteiger partial charge < -0.3 is 4.90 Å². The van der Waals surface area contributed by atoms with Crippen molar-refractivity contribution in [3.8, 4) is 5.69 Å². The van der Waals surface area contributed by atoms with E-state index in [-0.39, 0.29) is 5.91 Å². The van der Waals surface area contributed by atoms with E-state index < -0.39 is 0 Å². The summed E-state index contributed by atoms with van der Waals surface area (Å²) in [6, 6.07) is 20.8. The molecule has 2 aromatic carbocycles. The van der Waals surface area contributed by atoms with Gasteiger partial charge in [0.05, 0.1) is 5.69 Å². The summed E-state index contributed by atoms with van der Waals surface area (Å²) in [4.78, 5) is 17.9. The fraction of sp³-hybridized carbons (Fsp3) is 0.360. The normalized spacial score (nSPS) is 17.0. The molecule has 5 nitrogen and oxygen atoms in total. The molecule has 3 aromatic rings. The van der Waals surface area contributed by atoms with Gasteiger partial charge in [0.25, 0.3) is 5.91 Å². The van der Waals surface area contributed by atoms with E-state index in [1.54, 1.807) is 0 Å². The molecule has 0 N–H and O–H groups in total. The Labute approximate surface area is 177 Å². The van der Waals surface area contributed by atoms with E-state index in [2.05, 4.69) is 47.4 Å². The number of rotatable bonds is 4. The quantitative estimate of drug-likeness (QED) is 0.670. The number of amides is 1. The lowest BCUT2D eigenvalue weighted by molar-refractivity contribution is 0.0753. The monoisotopic (exact) mass is 400 g/mol. The summed E-state index contributed by atoms with van der Waals surface area (Å²) in [6.07, 6.45) is 4.05. The van der Waals surface area contributed by atoms with Crippen molar-refractivity contribution >= 4 is 5.91 Å². The predicted molar refractivity (Wildman–Crippen MR) is 118 cm³/mol. The van der Waals surface area contributed by atoms with Gasteiger partial charge in [0.2, 0.25) is 0 Å². The maximum Gasteiger partial charge on any atom is 0.274 e. The standard InChI is InChI=1S/C25H28N4O/c30-25(28-16-8-15-27(17-18-28)19-20-9-3-1-4-10-20)24-22-13-7-14-23(22)29(26-24)21-11-5-2-6-12-21/h1-6,9-12H,7-8,13-19H2. The van der Waals surface area contributed by atoms with Gasteiger partial charge in [-0.25, -0.2) is 4.68 Å². The van der Waals surface area contributed by atoms with Gasteiger partial charge in [0.1, 0.15) is 0 Å². The van der Waals surface area contributed by atoms with Crippen LogP contribution in [0.25, 0.3) is 5.69 Å². The van der Waals surface area contributed by atoms with Gasteiger partial charge >= 0.3 is 0 Å². The minimum absolute atomic E-state index is 0.101. The minimum atomic E-state index is 0.101. The molecule has 2 heterocycles. The van der Waals surface area contributed by atoms with E-state index in [0.717, 1.165) is 69.7 Å². The molecule has 154 valence electrons. The van der Waals surface area contributed by atoms with E-state index in [9.17, 15) is 4.79 Å². The number of hydrogen-bond donors (Lipinski definition) is 0. The summed E-state index contributed by atoms with van der Waals surface area (Å²) in [5, 5.41) is 4.81. The third-order valence-electron chi connectivity index (χ3n) is 6.26. The fourth-order valence-electron chi connectivity index (χ4n) is 4.72. The third-order valence-corrected chi connectivity index (χ3v) is 6.26. The van der Waals surface area contributed by atoms with Crippen LogP contribution in [0.15, 0.2) is 60.7 Å². The Hall–Kier alpha value is -2.92. The van der Waals surface area contributed by atoms with Crippen molar-refractivity contribution < 1.29 is 4.79 Å². The van der Waals surface area contributed by atoms with Crippen LogP contribution in [-0.2, 0) is 19.4 Å². The zero-order valence-electron chi connectivity index (χ0n) is 17.3. The van der Waals surface area contributed by atoms with Crippen LogP contribution in [-0.4, -0.2) is 51.7 Å². The maximum atomic E-state index is 13.5. The number of fused-ring (bicyclic) bond motifs is 1. The SMILES string of the molecule is O=C(c1nn(-c2ccccc2)c2c1CCC2)N1CCCN(Cc2ccccc2)CC1. The first-order valence-electron chi connectivity index (χ1n) is 11.0. The van der Waals surface area contributed by atoms with Gasteiger partial charge in [-0.2, -0.15) is 5.10 Å². The molecule has 0 bridgehead atoms. The molecule has 0 unspecified atom stereocenters.